The molecule has 2 N–H and O–H groups in total. The molecule has 0 bridgehead atoms. The van der Waals surface area contributed by atoms with Crippen molar-refractivity contribution in [3.8, 4) is 6.19 Å². The molecule has 1 heterocycles. The highest BCUT2D eigenvalue weighted by Crippen LogP contribution is 2.03. The zero-order chi connectivity index (χ0) is 13.3. The first-order valence-corrected chi connectivity index (χ1v) is 5.80. The summed E-state index contributed by atoms with van der Waals surface area (Å²) in [5.74, 6) is 0.414. The number of nitrogens with one attached hydrogen (secondary N) is 2. The summed E-state index contributed by atoms with van der Waals surface area (Å²) >= 11 is 0. The Hall–Kier alpha value is -2.87. The van der Waals surface area contributed by atoms with Crippen LogP contribution in [0.15, 0.2) is 59.9 Å². The number of hydrogen-bond donors (Lipinski definition) is 2. The van der Waals surface area contributed by atoms with E-state index in [-0.39, 0.29) is 0 Å². The van der Waals surface area contributed by atoms with E-state index in [0.29, 0.717) is 12.5 Å². The van der Waals surface area contributed by atoms with Gasteiger partial charge >= 0.3 is 0 Å². The Kier molecular flexibility index (Phi) is 4.48. The minimum absolute atomic E-state index is 0.414. The van der Waals surface area contributed by atoms with Gasteiger partial charge in [-0.25, -0.2) is 0 Å². The number of aliphatic imine (C=N–C) groups is 1. The van der Waals surface area contributed by atoms with Gasteiger partial charge in [0.25, 0.3) is 0 Å². The number of anilines is 1. The topological polar surface area (TPSA) is 73.1 Å². The second-order valence-electron chi connectivity index (χ2n) is 3.76. The Bertz CT molecular complexity index is 572. The Morgan fingerprint density at radius 1 is 1.16 bits per heavy atom. The van der Waals surface area contributed by atoms with Crippen molar-refractivity contribution in [3.63, 3.8) is 0 Å². The smallest absolute Gasteiger partial charge is 0.212 e. The number of aromatic nitrogens is 1. The molecule has 0 aliphatic rings. The highest BCUT2D eigenvalue weighted by Gasteiger charge is 2.00. The highest BCUT2D eigenvalue weighted by molar-refractivity contribution is 5.94. The molecule has 5 nitrogen and oxygen atoms in total. The van der Waals surface area contributed by atoms with Gasteiger partial charge in [-0.05, 0) is 17.7 Å². The van der Waals surface area contributed by atoms with Crippen LogP contribution in [0.1, 0.15) is 5.56 Å². The van der Waals surface area contributed by atoms with Crippen LogP contribution in [-0.4, -0.2) is 10.9 Å². The molecule has 19 heavy (non-hydrogen) atoms. The average molecular weight is 251 g/mol. The number of pyridine rings is 1. The third kappa shape index (κ3) is 4.13. The molecule has 0 spiro atoms. The van der Waals surface area contributed by atoms with Gasteiger partial charge in [-0.3, -0.25) is 4.98 Å². The van der Waals surface area contributed by atoms with E-state index in [2.05, 4.69) is 20.6 Å². The third-order valence-corrected chi connectivity index (χ3v) is 2.41. The lowest BCUT2D eigenvalue weighted by atomic mass is 10.2. The maximum atomic E-state index is 8.68. The fraction of sp³-hybridized carbons (Fsp3) is 0.0714. The van der Waals surface area contributed by atoms with Gasteiger partial charge < -0.3 is 10.6 Å². The molecule has 1 aromatic carbocycles. The summed E-state index contributed by atoms with van der Waals surface area (Å²) in [7, 11) is 0. The molecule has 94 valence electrons. The second-order valence-corrected chi connectivity index (χ2v) is 3.76. The first-order chi connectivity index (χ1) is 9.38. The highest BCUT2D eigenvalue weighted by atomic mass is 15.2. The van der Waals surface area contributed by atoms with Crippen LogP contribution in [0, 0.1) is 11.5 Å². The molecule has 0 radical (unpaired) electrons. The maximum Gasteiger partial charge on any atom is 0.212 e. The van der Waals surface area contributed by atoms with Crippen molar-refractivity contribution in [2.24, 2.45) is 4.99 Å². The van der Waals surface area contributed by atoms with Crippen LogP contribution in [0.5, 0.6) is 0 Å². The van der Waals surface area contributed by atoms with Gasteiger partial charge in [0.15, 0.2) is 0 Å². The van der Waals surface area contributed by atoms with Crippen LogP contribution in [-0.2, 0) is 6.54 Å². The third-order valence-electron chi connectivity index (χ3n) is 2.41. The maximum absolute atomic E-state index is 8.68. The number of rotatable bonds is 3. The molecule has 0 unspecified atom stereocenters. The van der Waals surface area contributed by atoms with E-state index in [1.54, 1.807) is 30.7 Å². The first kappa shape index (κ1) is 12.6. The van der Waals surface area contributed by atoms with Crippen molar-refractivity contribution >= 4 is 11.6 Å². The molecular weight excluding hydrogens is 238 g/mol. The van der Waals surface area contributed by atoms with Crippen molar-refractivity contribution in [1.82, 2.24) is 10.3 Å². The normalized spacial score (nSPS) is 10.6. The predicted molar refractivity (Wildman–Crippen MR) is 74.2 cm³/mol. The van der Waals surface area contributed by atoms with Gasteiger partial charge in [0, 0.05) is 24.6 Å². The molecule has 2 aromatic rings. The molecule has 0 amide bonds. The monoisotopic (exact) mass is 251 g/mol. The van der Waals surface area contributed by atoms with Gasteiger partial charge in [0.1, 0.15) is 0 Å². The van der Waals surface area contributed by atoms with Gasteiger partial charge in [0.2, 0.25) is 12.2 Å². The lowest BCUT2D eigenvalue weighted by Crippen LogP contribution is -2.30. The summed E-state index contributed by atoms with van der Waals surface area (Å²) in [6, 6.07) is 13.5. The fourth-order valence-corrected chi connectivity index (χ4v) is 1.52. The first-order valence-electron chi connectivity index (χ1n) is 5.80. The molecule has 2 rings (SSSR count). The summed E-state index contributed by atoms with van der Waals surface area (Å²) in [5.41, 5.74) is 1.94. The van der Waals surface area contributed by atoms with E-state index >= 15 is 0 Å². The quantitative estimate of drug-likeness (QED) is 0.498. The van der Waals surface area contributed by atoms with Crippen molar-refractivity contribution in [2.75, 3.05) is 5.32 Å². The van der Waals surface area contributed by atoms with Crippen LogP contribution in [0.25, 0.3) is 0 Å². The van der Waals surface area contributed by atoms with E-state index in [9.17, 15) is 0 Å². The number of hydrogen-bond acceptors (Lipinski definition) is 3. The number of nitrogens with zero attached hydrogens (tertiary/aromatic N) is 3. The van der Waals surface area contributed by atoms with E-state index in [1.807, 2.05) is 30.3 Å². The van der Waals surface area contributed by atoms with Gasteiger partial charge in [-0.1, -0.05) is 30.3 Å². The summed E-state index contributed by atoms with van der Waals surface area (Å²) in [5, 5.41) is 14.8. The Labute approximate surface area is 111 Å². The van der Waals surface area contributed by atoms with Crippen LogP contribution >= 0.6 is 0 Å². The number of guanidine groups is 1. The molecular formula is C14H13N5. The van der Waals surface area contributed by atoms with E-state index in [4.69, 9.17) is 5.26 Å². The van der Waals surface area contributed by atoms with Crippen molar-refractivity contribution in [3.05, 3.63) is 60.4 Å². The lowest BCUT2D eigenvalue weighted by molar-refractivity contribution is 0.911. The van der Waals surface area contributed by atoms with Crippen LogP contribution in [0.3, 0.4) is 0 Å². The zero-order valence-corrected chi connectivity index (χ0v) is 10.2. The van der Waals surface area contributed by atoms with Crippen LogP contribution in [0.2, 0.25) is 0 Å². The molecule has 0 saturated carbocycles. The van der Waals surface area contributed by atoms with E-state index in [0.717, 1.165) is 11.3 Å². The number of benzene rings is 1. The Morgan fingerprint density at radius 2 is 1.89 bits per heavy atom. The Balaban J connectivity index is 1.98. The van der Waals surface area contributed by atoms with Gasteiger partial charge in [0.05, 0.1) is 0 Å². The summed E-state index contributed by atoms with van der Waals surface area (Å²) in [6.45, 7) is 0.597. The molecule has 1 aromatic heterocycles. The van der Waals surface area contributed by atoms with Crippen LogP contribution in [0.4, 0.5) is 5.69 Å². The van der Waals surface area contributed by atoms with E-state index < -0.39 is 0 Å². The predicted octanol–water partition coefficient (Wildman–Crippen LogP) is 2.12. The fourth-order valence-electron chi connectivity index (χ4n) is 1.52. The van der Waals surface area contributed by atoms with E-state index in [1.165, 1.54) is 0 Å². The lowest BCUT2D eigenvalue weighted by Gasteiger charge is -2.10. The van der Waals surface area contributed by atoms with Crippen LogP contribution < -0.4 is 10.6 Å². The molecule has 0 aliphatic carbocycles. The van der Waals surface area contributed by atoms with Crippen molar-refractivity contribution in [1.29, 1.82) is 5.26 Å². The SMILES string of the molecule is N#CN=C(NCc1ccccc1)Nc1ccncc1. The average Bonchev–Trinajstić information content (AvgIpc) is 2.47. The standard InChI is InChI=1S/C14H13N5/c15-11-18-14(19-13-6-8-16-9-7-13)17-10-12-4-2-1-3-5-12/h1-9H,10H2,(H2,16,17,18,19). The molecule has 5 heteroatoms. The molecule has 0 atom stereocenters. The van der Waals surface area contributed by atoms with Crippen molar-refractivity contribution < 1.29 is 0 Å². The second kappa shape index (κ2) is 6.77. The molecule has 0 saturated heterocycles. The Morgan fingerprint density at radius 3 is 2.58 bits per heavy atom. The van der Waals surface area contributed by atoms with Gasteiger partial charge in [-0.15, -0.1) is 4.99 Å². The van der Waals surface area contributed by atoms with Gasteiger partial charge in [-0.2, -0.15) is 5.26 Å². The molecule has 0 aliphatic heterocycles. The summed E-state index contributed by atoms with van der Waals surface area (Å²) in [4.78, 5) is 7.64. The summed E-state index contributed by atoms with van der Waals surface area (Å²) < 4.78 is 0. The minimum atomic E-state index is 0.414. The number of nitriles is 1. The largest absolute Gasteiger partial charge is 0.351 e. The zero-order valence-electron chi connectivity index (χ0n) is 10.2. The summed E-state index contributed by atoms with van der Waals surface area (Å²) in [6.07, 6.45) is 5.11. The van der Waals surface area contributed by atoms with Crippen molar-refractivity contribution in [2.45, 2.75) is 6.54 Å². The molecule has 0 fully saturated rings. The minimum Gasteiger partial charge on any atom is -0.351 e.